The van der Waals surface area contributed by atoms with Gasteiger partial charge in [-0.2, -0.15) is 0 Å². The van der Waals surface area contributed by atoms with E-state index in [1.54, 1.807) is 12.2 Å². The first kappa shape index (κ1) is 26.3. The summed E-state index contributed by atoms with van der Waals surface area (Å²) in [5.74, 6) is -0.912. The molecule has 0 aromatic rings. The summed E-state index contributed by atoms with van der Waals surface area (Å²) in [6.45, 7) is 3.52. The molecule has 0 fully saturated rings. The molecule has 0 amide bonds. The second-order valence-electron chi connectivity index (χ2n) is 2.72. The van der Waals surface area contributed by atoms with Gasteiger partial charge in [-0.3, -0.25) is 0 Å². The van der Waals surface area contributed by atoms with E-state index in [2.05, 4.69) is 15.2 Å². The van der Waals surface area contributed by atoms with E-state index in [1.165, 1.54) is 6.08 Å². The Morgan fingerprint density at radius 3 is 1.62 bits per heavy atom. The second kappa shape index (κ2) is 11.0. The van der Waals surface area contributed by atoms with Crippen LogP contribution in [-0.4, -0.2) is 37.0 Å². The average molecular weight is 360 g/mol. The summed E-state index contributed by atoms with van der Waals surface area (Å²) in [5, 5.41) is 8.41. The van der Waals surface area contributed by atoms with E-state index < -0.39 is 26.8 Å². The fourth-order valence-electron chi connectivity index (χ4n) is 0.734. The van der Waals surface area contributed by atoms with E-state index >= 15 is 0 Å². The molecule has 1 rings (SSSR count). The van der Waals surface area contributed by atoms with Crippen LogP contribution < -0.4 is 59.1 Å². The molecule has 14 heteroatoms. The van der Waals surface area contributed by atoms with Crippen LogP contribution in [0.5, 0.6) is 0 Å². The summed E-state index contributed by atoms with van der Waals surface area (Å²) in [4.78, 5) is 10.2. The molecule has 0 bridgehead atoms. The van der Waals surface area contributed by atoms with Crippen molar-refractivity contribution in [1.82, 2.24) is 0 Å². The Morgan fingerprint density at radius 2 is 1.48 bits per heavy atom. The summed E-state index contributed by atoms with van der Waals surface area (Å²) in [6, 6.07) is 0. The minimum absolute atomic E-state index is 0. The Bertz CT molecular complexity index is 598. The number of allylic oxidation sites excluding steroid dienone is 3. The van der Waals surface area contributed by atoms with Crippen molar-refractivity contribution < 1.29 is 104 Å². The van der Waals surface area contributed by atoms with Gasteiger partial charge in [-0.05, 0) is 11.6 Å². The van der Waals surface area contributed by atoms with Crippen LogP contribution in [0.15, 0.2) is 36.0 Å². The smallest absolute Gasteiger partial charge is 0.724 e. The van der Waals surface area contributed by atoms with Crippen LogP contribution in [0.25, 0.3) is 0 Å². The minimum atomic E-state index is -5.31. The number of rotatable bonds is 4. The first-order chi connectivity index (χ1) is 8.42. The van der Waals surface area contributed by atoms with Crippen molar-refractivity contribution in [2.45, 2.75) is 0 Å². The predicted octanol–water partition coefficient (Wildman–Crippen LogP) is -7.01. The maximum Gasteiger partial charge on any atom is 1.00 e. The SMILES string of the molecule is C=C1C=CC=C1C(=O)O.O=S(=O)([O-])OOS(=O)(=O)[O-].[Na+].[Na+]. The van der Waals surface area contributed by atoms with Gasteiger partial charge in [-0.1, -0.05) is 18.7 Å². The molecule has 0 aromatic carbocycles. The molecular weight excluding hydrogens is 354 g/mol. The molecule has 0 saturated carbocycles. The zero-order valence-electron chi connectivity index (χ0n) is 10.9. The Balaban J connectivity index is -0.000000282. The molecule has 0 aliphatic heterocycles. The zero-order valence-corrected chi connectivity index (χ0v) is 16.5. The summed E-state index contributed by atoms with van der Waals surface area (Å²) in [6.07, 6.45) is 4.87. The zero-order chi connectivity index (χ0) is 15.3. The molecule has 0 heterocycles. The second-order valence-corrected chi connectivity index (χ2v) is 4.63. The fraction of sp³-hybridized carbons (Fsp3) is 0. The van der Waals surface area contributed by atoms with Crippen molar-refractivity contribution in [3.05, 3.63) is 36.0 Å². The monoisotopic (exact) mass is 360 g/mol. The summed E-state index contributed by atoms with van der Waals surface area (Å²) < 4.78 is 61.5. The third-order valence-electron chi connectivity index (χ3n) is 1.33. The third kappa shape index (κ3) is 15.1. The number of carbonyl (C=O) groups is 1. The van der Waals surface area contributed by atoms with Crippen LogP contribution in [0.3, 0.4) is 0 Å². The molecule has 0 aromatic heterocycles. The molecule has 0 atom stereocenters. The van der Waals surface area contributed by atoms with E-state index in [-0.39, 0.29) is 64.7 Å². The molecule has 10 nitrogen and oxygen atoms in total. The summed E-state index contributed by atoms with van der Waals surface area (Å²) in [5.41, 5.74) is 0.859. The normalized spacial score (nSPS) is 13.2. The molecule has 108 valence electrons. The average Bonchev–Trinajstić information content (AvgIpc) is 2.60. The maximum absolute atomic E-state index is 10.2. The van der Waals surface area contributed by atoms with E-state index in [0.717, 1.165) is 0 Å². The molecule has 21 heavy (non-hydrogen) atoms. The Hall–Kier alpha value is 0.430. The number of hydrogen-bond donors (Lipinski definition) is 1. The van der Waals surface area contributed by atoms with Gasteiger partial charge in [-0.25, -0.2) is 21.6 Å². The molecule has 1 aliphatic carbocycles. The van der Waals surface area contributed by atoms with Gasteiger partial charge in [0.05, 0.1) is 5.57 Å². The van der Waals surface area contributed by atoms with Gasteiger partial charge in [0.15, 0.2) is 0 Å². The molecule has 0 saturated heterocycles. The molecular formula is C7H6Na2O10S2. The summed E-state index contributed by atoms with van der Waals surface area (Å²) >= 11 is 0. The van der Waals surface area contributed by atoms with Crippen molar-refractivity contribution >= 4 is 26.8 Å². The fourth-order valence-corrected chi connectivity index (χ4v) is 1.28. The number of carboxylic acid groups (broad SMARTS) is 1. The van der Waals surface area contributed by atoms with Crippen LogP contribution in [0, 0.1) is 0 Å². The van der Waals surface area contributed by atoms with Crippen molar-refractivity contribution in [3.63, 3.8) is 0 Å². The van der Waals surface area contributed by atoms with Gasteiger partial charge in [0, 0.05) is 0 Å². The van der Waals surface area contributed by atoms with E-state index in [1.807, 2.05) is 0 Å². The maximum atomic E-state index is 10.2. The van der Waals surface area contributed by atoms with E-state index in [9.17, 15) is 30.7 Å². The predicted molar refractivity (Wildman–Crippen MR) is 55.6 cm³/mol. The van der Waals surface area contributed by atoms with Gasteiger partial charge in [0.2, 0.25) is 20.8 Å². The van der Waals surface area contributed by atoms with E-state index in [0.29, 0.717) is 5.57 Å². The first-order valence-corrected chi connectivity index (χ1v) is 6.69. The number of hydrogen-bond acceptors (Lipinski definition) is 9. The van der Waals surface area contributed by atoms with Crippen LogP contribution >= 0.6 is 0 Å². The van der Waals surface area contributed by atoms with Gasteiger partial charge in [-0.15, -0.1) is 8.67 Å². The van der Waals surface area contributed by atoms with Crippen molar-refractivity contribution in [1.29, 1.82) is 0 Å². The Kier molecular flexibility index (Phi) is 13.8. The molecule has 1 aliphatic rings. The van der Waals surface area contributed by atoms with Crippen molar-refractivity contribution in [3.8, 4) is 0 Å². The van der Waals surface area contributed by atoms with Crippen LogP contribution in [-0.2, 0) is 34.3 Å². The summed E-state index contributed by atoms with van der Waals surface area (Å²) in [7, 11) is -10.6. The Morgan fingerprint density at radius 1 is 1.10 bits per heavy atom. The largest absolute Gasteiger partial charge is 1.00 e. The van der Waals surface area contributed by atoms with Gasteiger partial charge < -0.3 is 14.2 Å². The topological polar surface area (TPSA) is 170 Å². The number of aliphatic carboxylic acids is 1. The van der Waals surface area contributed by atoms with E-state index in [4.69, 9.17) is 5.11 Å². The Labute approximate surface area is 164 Å². The third-order valence-corrected chi connectivity index (χ3v) is 1.89. The number of carboxylic acids is 1. The van der Waals surface area contributed by atoms with Crippen LogP contribution in [0.1, 0.15) is 0 Å². The van der Waals surface area contributed by atoms with Crippen molar-refractivity contribution in [2.75, 3.05) is 0 Å². The quantitative estimate of drug-likeness (QED) is 0.167. The molecule has 1 N–H and O–H groups in total. The first-order valence-electron chi connectivity index (χ1n) is 4.03. The van der Waals surface area contributed by atoms with Crippen LogP contribution in [0.2, 0.25) is 0 Å². The standard InChI is InChI=1S/C7H6O2.2Na.H2O8S2/c1-5-3-2-4-6(5)7(8)9;;;1-9(2,3)7-8-10(4,5)6/h2-4H,1H2,(H,8,9);;;(H,1,2,3)(H,4,5,6)/q;2*+1;/p-2. The molecule has 0 spiro atoms. The molecule has 0 unspecified atom stereocenters. The van der Waals surface area contributed by atoms with Gasteiger partial charge in [0.25, 0.3) is 0 Å². The van der Waals surface area contributed by atoms with Crippen LogP contribution in [0.4, 0.5) is 0 Å². The minimum Gasteiger partial charge on any atom is -0.724 e. The molecule has 0 radical (unpaired) electrons. The van der Waals surface area contributed by atoms with Gasteiger partial charge >= 0.3 is 65.1 Å². The van der Waals surface area contributed by atoms with Crippen molar-refractivity contribution in [2.24, 2.45) is 0 Å². The van der Waals surface area contributed by atoms with Gasteiger partial charge in [0.1, 0.15) is 0 Å².